The quantitative estimate of drug-likeness (QED) is 0.737. The Bertz CT molecular complexity index is 660. The van der Waals surface area contributed by atoms with Crippen LogP contribution < -0.4 is 5.73 Å². The number of nitrogens with zero attached hydrogens (tertiary/aromatic N) is 3. The topological polar surface area (TPSA) is 64.7 Å². The summed E-state index contributed by atoms with van der Waals surface area (Å²) >= 11 is 9.00. The third-order valence-corrected chi connectivity index (χ3v) is 4.34. The van der Waals surface area contributed by atoms with Gasteiger partial charge in [0.2, 0.25) is 5.13 Å². The highest BCUT2D eigenvalue weighted by molar-refractivity contribution is 7.26. The zero-order chi connectivity index (χ0) is 11.1. The molecule has 3 aromatic heterocycles. The summed E-state index contributed by atoms with van der Waals surface area (Å²) in [4.78, 5) is 5.06. The molecule has 0 saturated carbocycles. The minimum Gasteiger partial charge on any atom is -0.374 e. The van der Waals surface area contributed by atoms with E-state index >= 15 is 0 Å². The summed E-state index contributed by atoms with van der Waals surface area (Å²) in [6, 6.07) is 1.99. The van der Waals surface area contributed by atoms with Crippen molar-refractivity contribution < 1.29 is 0 Å². The lowest BCUT2D eigenvalue weighted by molar-refractivity contribution is 1.11. The van der Waals surface area contributed by atoms with E-state index < -0.39 is 0 Å². The first-order valence-corrected chi connectivity index (χ1v) is 6.37. The summed E-state index contributed by atoms with van der Waals surface area (Å²) in [5.74, 6) is 0. The van der Waals surface area contributed by atoms with Crippen LogP contribution in [0.25, 0.3) is 20.0 Å². The third-order valence-electron chi connectivity index (χ3n) is 2.05. The first-order valence-electron chi connectivity index (χ1n) is 4.36. The van der Waals surface area contributed by atoms with E-state index in [0.717, 1.165) is 20.0 Å². The molecule has 0 radical (unpaired) electrons. The third kappa shape index (κ3) is 1.55. The predicted octanol–water partition coefficient (Wildman–Crippen LogP) is 3.05. The number of pyridine rings is 1. The summed E-state index contributed by atoms with van der Waals surface area (Å²) in [6.07, 6.45) is 3.43. The zero-order valence-electron chi connectivity index (χ0n) is 7.85. The largest absolute Gasteiger partial charge is 0.374 e. The second-order valence-corrected chi connectivity index (χ2v) is 5.59. The van der Waals surface area contributed by atoms with E-state index in [2.05, 4.69) is 15.2 Å². The van der Waals surface area contributed by atoms with E-state index in [4.69, 9.17) is 17.3 Å². The fourth-order valence-electron chi connectivity index (χ4n) is 1.37. The first-order chi connectivity index (χ1) is 7.74. The number of halogens is 1. The predicted molar refractivity (Wildman–Crippen MR) is 67.9 cm³/mol. The molecule has 0 aliphatic rings. The molecule has 0 aromatic carbocycles. The van der Waals surface area contributed by atoms with Gasteiger partial charge in [0, 0.05) is 17.8 Å². The molecule has 0 aliphatic heterocycles. The average Bonchev–Trinajstić information content (AvgIpc) is 2.84. The molecule has 3 heterocycles. The van der Waals surface area contributed by atoms with Gasteiger partial charge in [-0.3, -0.25) is 4.98 Å². The second kappa shape index (κ2) is 3.65. The van der Waals surface area contributed by atoms with Crippen molar-refractivity contribution in [3.8, 4) is 9.88 Å². The van der Waals surface area contributed by atoms with Crippen molar-refractivity contribution in [2.75, 3.05) is 5.73 Å². The van der Waals surface area contributed by atoms with Gasteiger partial charge in [-0.1, -0.05) is 22.9 Å². The minimum atomic E-state index is 0.469. The molecule has 3 rings (SSSR count). The van der Waals surface area contributed by atoms with Crippen LogP contribution in [0.3, 0.4) is 0 Å². The Balaban J connectivity index is 2.22. The zero-order valence-corrected chi connectivity index (χ0v) is 10.2. The lowest BCUT2D eigenvalue weighted by Crippen LogP contribution is -1.79. The molecule has 0 unspecified atom stereocenters. The summed E-state index contributed by atoms with van der Waals surface area (Å²) in [5.41, 5.74) is 5.55. The SMILES string of the molecule is Nc1nnc(-c2cc3c(Cl)cncc3s2)s1. The van der Waals surface area contributed by atoms with Gasteiger partial charge < -0.3 is 5.73 Å². The van der Waals surface area contributed by atoms with E-state index in [-0.39, 0.29) is 0 Å². The molecule has 0 aliphatic carbocycles. The molecule has 0 bridgehead atoms. The van der Waals surface area contributed by atoms with Crippen LogP contribution in [-0.2, 0) is 0 Å². The highest BCUT2D eigenvalue weighted by atomic mass is 35.5. The van der Waals surface area contributed by atoms with E-state index in [0.29, 0.717) is 10.2 Å². The van der Waals surface area contributed by atoms with Crippen molar-refractivity contribution in [3.05, 3.63) is 23.5 Å². The molecule has 3 aromatic rings. The Morgan fingerprint density at radius 3 is 2.75 bits per heavy atom. The lowest BCUT2D eigenvalue weighted by atomic mass is 10.3. The summed E-state index contributed by atoms with van der Waals surface area (Å²) in [7, 11) is 0. The average molecular weight is 269 g/mol. The van der Waals surface area contributed by atoms with Crippen LogP contribution in [0, 0.1) is 0 Å². The Kier molecular flexibility index (Phi) is 2.27. The van der Waals surface area contributed by atoms with Crippen LogP contribution in [0.4, 0.5) is 5.13 Å². The summed E-state index contributed by atoms with van der Waals surface area (Å²) in [5, 5.41) is 10.7. The maximum atomic E-state index is 6.05. The normalized spacial score (nSPS) is 11.1. The molecule has 0 amide bonds. The van der Waals surface area contributed by atoms with Gasteiger partial charge in [-0.2, -0.15) is 0 Å². The van der Waals surface area contributed by atoms with Gasteiger partial charge in [0.1, 0.15) is 0 Å². The Labute approximate surface area is 104 Å². The molecule has 2 N–H and O–H groups in total. The Morgan fingerprint density at radius 2 is 2.06 bits per heavy atom. The molecule has 0 fully saturated rings. The van der Waals surface area contributed by atoms with Crippen LogP contribution in [0.15, 0.2) is 18.5 Å². The standard InChI is InChI=1S/C9H5ClN4S2/c10-5-2-12-3-7-4(5)1-6(15-7)8-13-14-9(11)16-8/h1-3H,(H2,11,14). The molecular formula is C9H5ClN4S2. The number of rotatable bonds is 1. The number of nitrogen functional groups attached to an aromatic ring is 1. The van der Waals surface area contributed by atoms with Gasteiger partial charge >= 0.3 is 0 Å². The van der Waals surface area contributed by atoms with Crippen molar-refractivity contribution in [2.24, 2.45) is 0 Å². The highest BCUT2D eigenvalue weighted by Gasteiger charge is 2.10. The number of aromatic nitrogens is 3. The van der Waals surface area contributed by atoms with Gasteiger partial charge in [0.25, 0.3) is 0 Å². The van der Waals surface area contributed by atoms with E-state index in [9.17, 15) is 0 Å². The molecule has 0 atom stereocenters. The maximum absolute atomic E-state index is 6.05. The number of fused-ring (bicyclic) bond motifs is 1. The molecule has 80 valence electrons. The smallest absolute Gasteiger partial charge is 0.203 e. The fraction of sp³-hybridized carbons (Fsp3) is 0. The highest BCUT2D eigenvalue weighted by Crippen LogP contribution is 2.37. The number of thiophene rings is 1. The number of nitrogens with two attached hydrogens (primary N) is 1. The van der Waals surface area contributed by atoms with Crippen LogP contribution in [-0.4, -0.2) is 15.2 Å². The molecule has 0 saturated heterocycles. The van der Waals surface area contributed by atoms with Crippen LogP contribution >= 0.6 is 34.3 Å². The summed E-state index contributed by atoms with van der Waals surface area (Å²) in [6.45, 7) is 0. The second-order valence-electron chi connectivity index (χ2n) is 3.09. The molecule has 4 nitrogen and oxygen atoms in total. The van der Waals surface area contributed by atoms with Crippen LogP contribution in [0.1, 0.15) is 0 Å². The van der Waals surface area contributed by atoms with Crippen molar-refractivity contribution in [2.45, 2.75) is 0 Å². The molecular weight excluding hydrogens is 264 g/mol. The van der Waals surface area contributed by atoms with Gasteiger partial charge in [-0.15, -0.1) is 21.5 Å². The lowest BCUT2D eigenvalue weighted by Gasteiger charge is -1.88. The van der Waals surface area contributed by atoms with Gasteiger partial charge in [-0.05, 0) is 6.07 Å². The van der Waals surface area contributed by atoms with E-state index in [1.54, 1.807) is 23.7 Å². The minimum absolute atomic E-state index is 0.469. The molecule has 0 spiro atoms. The van der Waals surface area contributed by atoms with Crippen LogP contribution in [0.2, 0.25) is 5.02 Å². The number of hydrogen-bond donors (Lipinski definition) is 1. The van der Waals surface area contributed by atoms with Gasteiger partial charge in [0.05, 0.1) is 14.6 Å². The Morgan fingerprint density at radius 1 is 1.19 bits per heavy atom. The molecule has 7 heteroatoms. The number of hydrogen-bond acceptors (Lipinski definition) is 6. The van der Waals surface area contributed by atoms with Crippen molar-refractivity contribution in [1.82, 2.24) is 15.2 Å². The van der Waals surface area contributed by atoms with Gasteiger partial charge in [-0.25, -0.2) is 0 Å². The molecule has 16 heavy (non-hydrogen) atoms. The first kappa shape index (κ1) is 9.95. The van der Waals surface area contributed by atoms with Crippen molar-refractivity contribution in [1.29, 1.82) is 0 Å². The van der Waals surface area contributed by atoms with E-state index in [1.165, 1.54) is 11.3 Å². The van der Waals surface area contributed by atoms with Crippen molar-refractivity contribution >= 4 is 49.5 Å². The van der Waals surface area contributed by atoms with Crippen LogP contribution in [0.5, 0.6) is 0 Å². The maximum Gasteiger partial charge on any atom is 0.203 e. The van der Waals surface area contributed by atoms with Crippen molar-refractivity contribution in [3.63, 3.8) is 0 Å². The Hall–Kier alpha value is -1.24. The fourth-order valence-corrected chi connectivity index (χ4v) is 3.34. The number of anilines is 1. The van der Waals surface area contributed by atoms with Gasteiger partial charge in [0.15, 0.2) is 5.01 Å². The van der Waals surface area contributed by atoms with E-state index in [1.807, 2.05) is 6.07 Å². The summed E-state index contributed by atoms with van der Waals surface area (Å²) < 4.78 is 1.04. The monoisotopic (exact) mass is 268 g/mol.